The monoisotopic (exact) mass is 309 g/mol. The van der Waals surface area contributed by atoms with E-state index >= 15 is 0 Å². The normalized spacial score (nSPS) is 13.1. The number of rotatable bonds is 4. The van der Waals surface area contributed by atoms with Crippen LogP contribution < -0.4 is 16.2 Å². The Morgan fingerprint density at radius 3 is 2.43 bits per heavy atom. The van der Waals surface area contributed by atoms with E-state index in [-0.39, 0.29) is 10.9 Å². The van der Waals surface area contributed by atoms with Crippen LogP contribution in [-0.2, 0) is 10.0 Å². The van der Waals surface area contributed by atoms with Crippen LogP contribution in [0.5, 0.6) is 0 Å². The van der Waals surface area contributed by atoms with E-state index in [1.165, 1.54) is 6.07 Å². The van der Waals surface area contributed by atoms with Gasteiger partial charge in [-0.25, -0.2) is 13.6 Å². The molecule has 0 aliphatic rings. The van der Waals surface area contributed by atoms with E-state index in [1.807, 2.05) is 26.8 Å². The third-order valence-corrected chi connectivity index (χ3v) is 4.18. The molecule has 21 heavy (non-hydrogen) atoms. The molecule has 0 saturated heterocycles. The fraction of sp³-hybridized carbons (Fsp3) is 0.286. The van der Waals surface area contributed by atoms with Crippen LogP contribution >= 0.6 is 0 Å². The van der Waals surface area contributed by atoms with Gasteiger partial charge in [0.05, 0.1) is 11.7 Å². The molecule has 0 aliphatic heterocycles. The van der Waals surface area contributed by atoms with Gasteiger partial charge in [-0.3, -0.25) is 0 Å². The molecule has 1 atom stereocenters. The topological polar surface area (TPSA) is 111 Å². The predicted molar refractivity (Wildman–Crippen MR) is 82.4 cm³/mol. The number of nitrogens with two attached hydrogens (primary N) is 2. The Morgan fingerprint density at radius 1 is 1.24 bits per heavy atom. The molecule has 114 valence electrons. The summed E-state index contributed by atoms with van der Waals surface area (Å²) in [5.41, 5.74) is 7.35. The molecule has 6 nitrogen and oxygen atoms in total. The molecule has 0 saturated carbocycles. The lowest BCUT2D eigenvalue weighted by Gasteiger charge is -2.17. The number of furan rings is 1. The number of primary sulfonamides is 1. The van der Waals surface area contributed by atoms with Gasteiger partial charge in [-0.2, -0.15) is 0 Å². The maximum atomic E-state index is 11.7. The van der Waals surface area contributed by atoms with Gasteiger partial charge < -0.3 is 15.5 Å². The van der Waals surface area contributed by atoms with Gasteiger partial charge in [0.25, 0.3) is 0 Å². The molecule has 0 spiro atoms. The molecule has 0 fully saturated rings. The van der Waals surface area contributed by atoms with Crippen molar-refractivity contribution in [3.63, 3.8) is 0 Å². The van der Waals surface area contributed by atoms with Gasteiger partial charge >= 0.3 is 0 Å². The summed E-state index contributed by atoms with van der Waals surface area (Å²) in [4.78, 5) is -0.0211. The average Bonchev–Trinajstić information content (AvgIpc) is 2.69. The van der Waals surface area contributed by atoms with E-state index in [2.05, 4.69) is 5.32 Å². The third kappa shape index (κ3) is 3.37. The Kier molecular flexibility index (Phi) is 3.97. The SMILES string of the molecule is Cc1cc(C(C)Nc2ccc(N)cc2S(N)(=O)=O)c(C)o1. The van der Waals surface area contributed by atoms with Gasteiger partial charge in [-0.15, -0.1) is 0 Å². The number of sulfonamides is 1. The van der Waals surface area contributed by atoms with Crippen LogP contribution in [0.25, 0.3) is 0 Å². The molecular weight excluding hydrogens is 290 g/mol. The van der Waals surface area contributed by atoms with Crippen LogP contribution in [0, 0.1) is 13.8 Å². The van der Waals surface area contributed by atoms with E-state index in [0.717, 1.165) is 17.1 Å². The highest BCUT2D eigenvalue weighted by atomic mass is 32.2. The van der Waals surface area contributed by atoms with Crippen molar-refractivity contribution in [3.8, 4) is 0 Å². The number of hydrogen-bond acceptors (Lipinski definition) is 5. The number of anilines is 2. The summed E-state index contributed by atoms with van der Waals surface area (Å²) in [6, 6.07) is 6.36. The minimum absolute atomic E-state index is 0.0211. The molecule has 1 aromatic carbocycles. The zero-order chi connectivity index (χ0) is 15.8. The van der Waals surface area contributed by atoms with Crippen molar-refractivity contribution in [2.24, 2.45) is 5.14 Å². The molecule has 0 amide bonds. The molecule has 5 N–H and O–H groups in total. The second-order valence-electron chi connectivity index (χ2n) is 5.04. The van der Waals surface area contributed by atoms with E-state index < -0.39 is 10.0 Å². The molecule has 1 heterocycles. The lowest BCUT2D eigenvalue weighted by Crippen LogP contribution is -2.17. The highest BCUT2D eigenvalue weighted by Gasteiger charge is 2.18. The number of nitrogen functional groups attached to an aromatic ring is 1. The molecule has 1 unspecified atom stereocenters. The quantitative estimate of drug-likeness (QED) is 0.750. The van der Waals surface area contributed by atoms with Gasteiger partial charge in [0.2, 0.25) is 10.0 Å². The molecule has 2 rings (SSSR count). The zero-order valence-electron chi connectivity index (χ0n) is 12.2. The summed E-state index contributed by atoms with van der Waals surface area (Å²) in [6.07, 6.45) is 0. The zero-order valence-corrected chi connectivity index (χ0v) is 13.0. The van der Waals surface area contributed by atoms with Crippen LogP contribution in [-0.4, -0.2) is 8.42 Å². The number of hydrogen-bond donors (Lipinski definition) is 3. The van der Waals surface area contributed by atoms with Crippen molar-refractivity contribution < 1.29 is 12.8 Å². The molecule has 0 radical (unpaired) electrons. The van der Waals surface area contributed by atoms with Crippen molar-refractivity contribution in [1.82, 2.24) is 0 Å². The lowest BCUT2D eigenvalue weighted by molar-refractivity contribution is 0.500. The van der Waals surface area contributed by atoms with E-state index in [0.29, 0.717) is 11.4 Å². The second-order valence-corrected chi connectivity index (χ2v) is 6.57. The minimum atomic E-state index is -3.85. The van der Waals surface area contributed by atoms with Crippen LogP contribution in [0.3, 0.4) is 0 Å². The van der Waals surface area contributed by atoms with Gasteiger partial charge in [0, 0.05) is 11.3 Å². The fourth-order valence-corrected chi connectivity index (χ4v) is 3.02. The van der Waals surface area contributed by atoms with E-state index in [1.54, 1.807) is 12.1 Å². The Bertz CT molecular complexity index is 766. The standard InChI is InChI=1S/C14H19N3O3S/c1-8-6-12(10(3)20-8)9(2)17-13-5-4-11(15)7-14(13)21(16,18)19/h4-7,9,17H,15H2,1-3H3,(H2,16,18,19). The van der Waals surface area contributed by atoms with Gasteiger partial charge in [-0.1, -0.05) is 0 Å². The van der Waals surface area contributed by atoms with E-state index in [4.69, 9.17) is 15.3 Å². The highest BCUT2D eigenvalue weighted by Crippen LogP contribution is 2.29. The molecular formula is C14H19N3O3S. The first-order valence-electron chi connectivity index (χ1n) is 6.44. The summed E-state index contributed by atoms with van der Waals surface area (Å²) in [5.74, 6) is 1.60. The minimum Gasteiger partial charge on any atom is -0.466 e. The Morgan fingerprint density at radius 2 is 1.90 bits per heavy atom. The second kappa shape index (κ2) is 5.42. The molecule has 2 aromatic rings. The number of nitrogens with one attached hydrogen (secondary N) is 1. The predicted octanol–water partition coefficient (Wildman–Crippen LogP) is 2.30. The summed E-state index contributed by atoms with van der Waals surface area (Å²) in [5, 5.41) is 8.37. The lowest BCUT2D eigenvalue weighted by atomic mass is 10.1. The molecule has 0 bridgehead atoms. The van der Waals surface area contributed by atoms with E-state index in [9.17, 15) is 8.42 Å². The van der Waals surface area contributed by atoms with Crippen molar-refractivity contribution in [2.45, 2.75) is 31.7 Å². The number of aryl methyl sites for hydroxylation is 2. The Balaban J connectivity index is 2.38. The molecule has 0 aliphatic carbocycles. The maximum absolute atomic E-state index is 11.7. The van der Waals surface area contributed by atoms with Crippen LogP contribution in [0.2, 0.25) is 0 Å². The smallest absolute Gasteiger partial charge is 0.240 e. The first kappa shape index (κ1) is 15.4. The van der Waals surface area contributed by atoms with Crippen molar-refractivity contribution in [3.05, 3.63) is 41.3 Å². The maximum Gasteiger partial charge on any atom is 0.240 e. The Hall–Kier alpha value is -1.99. The van der Waals surface area contributed by atoms with Gasteiger partial charge in [0.1, 0.15) is 16.4 Å². The third-order valence-electron chi connectivity index (χ3n) is 3.23. The number of benzene rings is 1. The first-order valence-corrected chi connectivity index (χ1v) is 7.99. The van der Waals surface area contributed by atoms with Gasteiger partial charge in [-0.05, 0) is 45.0 Å². The van der Waals surface area contributed by atoms with Crippen LogP contribution in [0.4, 0.5) is 11.4 Å². The van der Waals surface area contributed by atoms with Crippen molar-refractivity contribution in [1.29, 1.82) is 0 Å². The van der Waals surface area contributed by atoms with Gasteiger partial charge in [0.15, 0.2) is 0 Å². The summed E-state index contributed by atoms with van der Waals surface area (Å²) < 4.78 is 28.8. The summed E-state index contributed by atoms with van der Waals surface area (Å²) >= 11 is 0. The Labute approximate surface area is 124 Å². The molecule has 7 heteroatoms. The summed E-state index contributed by atoms with van der Waals surface area (Å²) in [7, 11) is -3.85. The largest absolute Gasteiger partial charge is 0.466 e. The fourth-order valence-electron chi connectivity index (χ4n) is 2.28. The summed E-state index contributed by atoms with van der Waals surface area (Å²) in [6.45, 7) is 5.65. The van der Waals surface area contributed by atoms with Crippen molar-refractivity contribution >= 4 is 21.4 Å². The molecule has 1 aromatic heterocycles. The highest BCUT2D eigenvalue weighted by molar-refractivity contribution is 7.89. The average molecular weight is 309 g/mol. The van der Waals surface area contributed by atoms with Crippen molar-refractivity contribution in [2.75, 3.05) is 11.1 Å². The van der Waals surface area contributed by atoms with Crippen LogP contribution in [0.1, 0.15) is 30.0 Å². The first-order chi connectivity index (χ1) is 9.68. The van der Waals surface area contributed by atoms with Crippen LogP contribution in [0.15, 0.2) is 33.6 Å².